The summed E-state index contributed by atoms with van der Waals surface area (Å²) in [5, 5.41) is 2.75. The van der Waals surface area contributed by atoms with Gasteiger partial charge in [-0.3, -0.25) is 9.69 Å². The maximum absolute atomic E-state index is 14.1. The van der Waals surface area contributed by atoms with Gasteiger partial charge in [0, 0.05) is 13.1 Å². The van der Waals surface area contributed by atoms with Crippen molar-refractivity contribution in [3.8, 4) is 0 Å². The highest BCUT2D eigenvalue weighted by atomic mass is 19.1. The molecule has 4 heteroatoms. The number of piperidine rings is 1. The van der Waals surface area contributed by atoms with Crippen LogP contribution in [0.15, 0.2) is 60.7 Å². The van der Waals surface area contributed by atoms with Crippen LogP contribution in [0.4, 0.5) is 4.39 Å². The minimum Gasteiger partial charge on any atom is -0.353 e. The first-order valence-corrected chi connectivity index (χ1v) is 9.45. The van der Waals surface area contributed by atoms with E-state index in [0.29, 0.717) is 18.0 Å². The normalized spacial score (nSPS) is 17.0. The van der Waals surface area contributed by atoms with Gasteiger partial charge in [0.05, 0.1) is 0 Å². The van der Waals surface area contributed by atoms with Crippen LogP contribution in [0.1, 0.15) is 36.6 Å². The van der Waals surface area contributed by atoms with Gasteiger partial charge in [-0.05, 0) is 49.4 Å². The van der Waals surface area contributed by atoms with Gasteiger partial charge >= 0.3 is 0 Å². The highest BCUT2D eigenvalue weighted by molar-refractivity contribution is 5.81. The second-order valence-corrected chi connectivity index (χ2v) is 7.06. The van der Waals surface area contributed by atoms with E-state index in [0.717, 1.165) is 38.9 Å². The molecule has 3 nitrogen and oxygen atoms in total. The molecule has 3 rings (SSSR count). The summed E-state index contributed by atoms with van der Waals surface area (Å²) in [5.41, 5.74) is 1.77. The van der Waals surface area contributed by atoms with Crippen molar-refractivity contribution in [2.24, 2.45) is 5.92 Å². The molecule has 0 spiro atoms. The largest absolute Gasteiger partial charge is 0.353 e. The summed E-state index contributed by atoms with van der Waals surface area (Å²) in [4.78, 5) is 14.4. The fourth-order valence-corrected chi connectivity index (χ4v) is 3.54. The third-order valence-corrected chi connectivity index (χ3v) is 5.13. The Kier molecular flexibility index (Phi) is 6.78. The summed E-state index contributed by atoms with van der Waals surface area (Å²) in [6.45, 7) is 3.73. The van der Waals surface area contributed by atoms with Crippen LogP contribution in [0.2, 0.25) is 0 Å². The Bertz CT molecular complexity index is 669. The molecule has 2 aromatic carbocycles. The predicted octanol–water partition coefficient (Wildman–Crippen LogP) is 4.12. The highest BCUT2D eigenvalue weighted by Crippen LogP contribution is 2.22. The fraction of sp³-hybridized carbons (Fsp3) is 0.409. The maximum atomic E-state index is 14.1. The first-order valence-electron chi connectivity index (χ1n) is 9.45. The molecule has 0 saturated carbocycles. The number of hydrogen-bond donors (Lipinski definition) is 1. The van der Waals surface area contributed by atoms with E-state index >= 15 is 0 Å². The quantitative estimate of drug-likeness (QED) is 0.811. The van der Waals surface area contributed by atoms with E-state index in [1.54, 1.807) is 24.3 Å². The van der Waals surface area contributed by atoms with E-state index in [9.17, 15) is 9.18 Å². The van der Waals surface area contributed by atoms with Crippen LogP contribution < -0.4 is 5.32 Å². The molecule has 2 aromatic rings. The molecule has 1 N–H and O–H groups in total. The zero-order valence-electron chi connectivity index (χ0n) is 15.1. The average Bonchev–Trinajstić information content (AvgIpc) is 2.70. The lowest BCUT2D eigenvalue weighted by molar-refractivity contribution is -0.126. The lowest BCUT2D eigenvalue weighted by atomic mass is 9.93. The molecule has 1 heterocycles. The molecule has 1 aliphatic heterocycles. The van der Waals surface area contributed by atoms with Crippen molar-refractivity contribution in [3.63, 3.8) is 0 Å². The van der Waals surface area contributed by atoms with Crippen molar-refractivity contribution >= 4 is 5.91 Å². The number of nitrogens with zero attached hydrogens (tertiary/aromatic N) is 1. The smallest absolute Gasteiger partial charge is 0.259 e. The Morgan fingerprint density at radius 1 is 1.04 bits per heavy atom. The molecule has 26 heavy (non-hydrogen) atoms. The average molecular weight is 354 g/mol. The van der Waals surface area contributed by atoms with E-state index < -0.39 is 12.1 Å². The number of alkyl halides is 1. The van der Waals surface area contributed by atoms with Gasteiger partial charge in [0.25, 0.3) is 5.91 Å². The SMILES string of the molecule is O=C(NCCC1CCN(Cc2ccccc2)CC1)C(F)c1ccccc1. The summed E-state index contributed by atoms with van der Waals surface area (Å²) in [7, 11) is 0. The summed E-state index contributed by atoms with van der Waals surface area (Å²) >= 11 is 0. The molecule has 1 aliphatic rings. The molecule has 0 aliphatic carbocycles. The van der Waals surface area contributed by atoms with Crippen LogP contribution in [0, 0.1) is 5.92 Å². The zero-order valence-corrected chi connectivity index (χ0v) is 15.1. The first-order chi connectivity index (χ1) is 12.7. The molecular weight excluding hydrogens is 327 g/mol. The molecule has 1 amide bonds. The second-order valence-electron chi connectivity index (χ2n) is 7.06. The third-order valence-electron chi connectivity index (χ3n) is 5.13. The molecule has 138 valence electrons. The van der Waals surface area contributed by atoms with Crippen LogP contribution in [-0.4, -0.2) is 30.4 Å². The second kappa shape index (κ2) is 9.48. The third kappa shape index (κ3) is 5.40. The number of benzene rings is 2. The van der Waals surface area contributed by atoms with Crippen LogP contribution in [0.5, 0.6) is 0 Å². The molecule has 1 atom stereocenters. The van der Waals surface area contributed by atoms with Crippen molar-refractivity contribution in [1.82, 2.24) is 10.2 Å². The Morgan fingerprint density at radius 2 is 1.65 bits per heavy atom. The number of nitrogens with one attached hydrogen (secondary N) is 1. The van der Waals surface area contributed by atoms with Gasteiger partial charge in [-0.25, -0.2) is 4.39 Å². The molecule has 0 radical (unpaired) electrons. The van der Waals surface area contributed by atoms with Crippen molar-refractivity contribution < 1.29 is 9.18 Å². The van der Waals surface area contributed by atoms with E-state index in [1.165, 1.54) is 5.56 Å². The van der Waals surface area contributed by atoms with Crippen molar-refractivity contribution in [2.45, 2.75) is 32.0 Å². The van der Waals surface area contributed by atoms with E-state index in [2.05, 4.69) is 34.5 Å². The van der Waals surface area contributed by atoms with Gasteiger partial charge < -0.3 is 5.32 Å². The zero-order chi connectivity index (χ0) is 18.2. The minimum atomic E-state index is -1.58. The maximum Gasteiger partial charge on any atom is 0.259 e. The van der Waals surface area contributed by atoms with Gasteiger partial charge in [0.2, 0.25) is 6.17 Å². The van der Waals surface area contributed by atoms with Gasteiger partial charge in [0.15, 0.2) is 0 Å². The van der Waals surface area contributed by atoms with Crippen molar-refractivity contribution in [1.29, 1.82) is 0 Å². The Hall–Kier alpha value is -2.20. The van der Waals surface area contributed by atoms with Gasteiger partial charge in [-0.15, -0.1) is 0 Å². The van der Waals surface area contributed by atoms with Crippen molar-refractivity contribution in [2.75, 3.05) is 19.6 Å². The minimum absolute atomic E-state index is 0.416. The monoisotopic (exact) mass is 354 g/mol. The number of likely N-dealkylation sites (tertiary alicyclic amines) is 1. The van der Waals surface area contributed by atoms with Crippen molar-refractivity contribution in [3.05, 3.63) is 71.8 Å². The standard InChI is InChI=1S/C22H27FN2O/c23-21(20-9-5-2-6-10-20)22(26)24-14-11-18-12-15-25(16-13-18)17-19-7-3-1-4-8-19/h1-10,18,21H,11-17H2,(H,24,26). The van der Waals surface area contributed by atoms with Gasteiger partial charge in [-0.2, -0.15) is 0 Å². The number of halogens is 1. The van der Waals surface area contributed by atoms with Gasteiger partial charge in [-0.1, -0.05) is 60.7 Å². The summed E-state index contributed by atoms with van der Waals surface area (Å²) in [6, 6.07) is 19.2. The van der Waals surface area contributed by atoms with Crippen LogP contribution >= 0.6 is 0 Å². The van der Waals surface area contributed by atoms with Gasteiger partial charge in [0.1, 0.15) is 0 Å². The molecule has 1 unspecified atom stereocenters. The van der Waals surface area contributed by atoms with Crippen LogP contribution in [-0.2, 0) is 11.3 Å². The number of carbonyl (C=O) groups excluding carboxylic acids is 1. The number of hydrogen-bond acceptors (Lipinski definition) is 2. The fourth-order valence-electron chi connectivity index (χ4n) is 3.54. The molecule has 0 bridgehead atoms. The molecule has 0 aromatic heterocycles. The van der Waals surface area contributed by atoms with Crippen LogP contribution in [0.3, 0.4) is 0 Å². The number of carbonyl (C=O) groups is 1. The Labute approximate surface area is 155 Å². The van der Waals surface area contributed by atoms with E-state index in [4.69, 9.17) is 0 Å². The lowest BCUT2D eigenvalue weighted by Gasteiger charge is -2.32. The summed E-state index contributed by atoms with van der Waals surface area (Å²) < 4.78 is 14.1. The molecule has 1 saturated heterocycles. The van der Waals surface area contributed by atoms with Crippen LogP contribution in [0.25, 0.3) is 0 Å². The molecule has 1 fully saturated rings. The van der Waals surface area contributed by atoms with E-state index in [-0.39, 0.29) is 0 Å². The van der Waals surface area contributed by atoms with E-state index in [1.807, 2.05) is 12.1 Å². The Morgan fingerprint density at radius 3 is 2.31 bits per heavy atom. The predicted molar refractivity (Wildman–Crippen MR) is 102 cm³/mol. The number of rotatable bonds is 7. The number of amides is 1. The lowest BCUT2D eigenvalue weighted by Crippen LogP contribution is -2.35. The Balaban J connectivity index is 1.34. The summed E-state index contributed by atoms with van der Waals surface area (Å²) in [6.07, 6.45) is 1.62. The molecular formula is C22H27FN2O. The highest BCUT2D eigenvalue weighted by Gasteiger charge is 2.21. The first kappa shape index (κ1) is 18.6. The summed E-state index contributed by atoms with van der Waals surface area (Å²) in [5.74, 6) is 0.0785. The topological polar surface area (TPSA) is 32.3 Å².